The second kappa shape index (κ2) is 8.36. The van der Waals surface area contributed by atoms with Gasteiger partial charge < -0.3 is 14.6 Å². The van der Waals surface area contributed by atoms with E-state index in [-0.39, 0.29) is 11.9 Å². The molecule has 2 heterocycles. The number of aryl methyl sites for hydroxylation is 1. The Hall–Kier alpha value is -2.34. The van der Waals surface area contributed by atoms with Crippen LogP contribution in [0.15, 0.2) is 30.5 Å². The van der Waals surface area contributed by atoms with E-state index in [4.69, 9.17) is 4.74 Å². The summed E-state index contributed by atoms with van der Waals surface area (Å²) in [6, 6.07) is 7.50. The number of unbranched alkanes of at least 4 members (excludes halogenated alkanes) is 1. The van der Waals surface area contributed by atoms with Crippen LogP contribution in [0.2, 0.25) is 0 Å². The van der Waals surface area contributed by atoms with Gasteiger partial charge >= 0.3 is 0 Å². The number of nitrogens with one attached hydrogen (secondary N) is 1. The van der Waals surface area contributed by atoms with Crippen LogP contribution in [0.3, 0.4) is 0 Å². The number of methoxy groups -OCH3 is 1. The van der Waals surface area contributed by atoms with Gasteiger partial charge in [0.15, 0.2) is 0 Å². The number of benzene rings is 1. The Morgan fingerprint density at radius 3 is 2.73 bits per heavy atom. The molecule has 1 amide bonds. The fourth-order valence-corrected chi connectivity index (χ4v) is 3.32. The molecule has 0 radical (unpaired) electrons. The highest BCUT2D eigenvalue weighted by Gasteiger charge is 2.32. The molecule has 3 rings (SSSR count). The van der Waals surface area contributed by atoms with Crippen LogP contribution >= 0.6 is 0 Å². The van der Waals surface area contributed by atoms with E-state index in [0.29, 0.717) is 6.54 Å². The van der Waals surface area contributed by atoms with Gasteiger partial charge in [-0.1, -0.05) is 13.3 Å². The fourth-order valence-electron chi connectivity index (χ4n) is 3.32. The third kappa shape index (κ3) is 4.07. The zero-order valence-corrected chi connectivity index (χ0v) is 15.9. The molecule has 6 heteroatoms. The van der Waals surface area contributed by atoms with E-state index in [0.717, 1.165) is 55.3 Å². The minimum atomic E-state index is -0.159. The molecule has 1 aromatic carbocycles. The highest BCUT2D eigenvalue weighted by molar-refractivity contribution is 5.97. The SMILES string of the molecule is CCCCc1ncc(CN2CCN(c3ccc(OC)cc3)C(=O)[C@H]2C)[nH]1. The zero-order valence-electron chi connectivity index (χ0n) is 15.9. The van der Waals surface area contributed by atoms with Gasteiger partial charge in [0.25, 0.3) is 0 Å². The number of hydrogen-bond acceptors (Lipinski definition) is 4. The molecule has 1 aliphatic heterocycles. The average molecular weight is 356 g/mol. The first kappa shape index (κ1) is 18.5. The number of hydrogen-bond donors (Lipinski definition) is 1. The summed E-state index contributed by atoms with van der Waals surface area (Å²) in [7, 11) is 1.64. The van der Waals surface area contributed by atoms with E-state index >= 15 is 0 Å². The van der Waals surface area contributed by atoms with E-state index in [1.54, 1.807) is 7.11 Å². The Bertz CT molecular complexity index is 726. The van der Waals surface area contributed by atoms with Crippen LogP contribution in [0.4, 0.5) is 5.69 Å². The van der Waals surface area contributed by atoms with E-state index in [9.17, 15) is 4.79 Å². The smallest absolute Gasteiger partial charge is 0.244 e. The van der Waals surface area contributed by atoms with Crippen molar-refractivity contribution < 1.29 is 9.53 Å². The standard InChI is InChI=1S/C20H28N4O2/c1-4-5-6-19-21-13-16(22-19)14-23-11-12-24(20(25)15(23)2)17-7-9-18(26-3)10-8-17/h7-10,13,15H,4-6,11-12,14H2,1-3H3,(H,21,22)/t15-/m1/s1. The second-order valence-corrected chi connectivity index (χ2v) is 6.79. The van der Waals surface area contributed by atoms with Crippen LogP contribution in [0.25, 0.3) is 0 Å². The highest BCUT2D eigenvalue weighted by Crippen LogP contribution is 2.24. The number of amides is 1. The van der Waals surface area contributed by atoms with Gasteiger partial charge in [0.05, 0.1) is 13.2 Å². The van der Waals surface area contributed by atoms with Crippen molar-refractivity contribution in [2.45, 2.75) is 45.7 Å². The third-order valence-electron chi connectivity index (χ3n) is 4.99. The number of H-pyrrole nitrogens is 1. The summed E-state index contributed by atoms with van der Waals surface area (Å²) >= 11 is 0. The third-order valence-corrected chi connectivity index (χ3v) is 4.99. The Kier molecular flexibility index (Phi) is 5.93. The number of ether oxygens (including phenoxy) is 1. The van der Waals surface area contributed by atoms with Crippen LogP contribution in [-0.4, -0.2) is 47.0 Å². The monoisotopic (exact) mass is 356 g/mol. The van der Waals surface area contributed by atoms with Crippen LogP contribution < -0.4 is 9.64 Å². The number of rotatable bonds is 7. The largest absolute Gasteiger partial charge is 0.497 e. The molecule has 26 heavy (non-hydrogen) atoms. The van der Waals surface area contributed by atoms with E-state index in [1.807, 2.05) is 42.3 Å². The van der Waals surface area contributed by atoms with Gasteiger partial charge in [-0.15, -0.1) is 0 Å². The lowest BCUT2D eigenvalue weighted by molar-refractivity contribution is -0.125. The summed E-state index contributed by atoms with van der Waals surface area (Å²) in [5, 5.41) is 0. The molecule has 140 valence electrons. The van der Waals surface area contributed by atoms with Crippen molar-refractivity contribution in [3.8, 4) is 5.75 Å². The summed E-state index contributed by atoms with van der Waals surface area (Å²) in [6.07, 6.45) is 5.19. The lowest BCUT2D eigenvalue weighted by Gasteiger charge is -2.38. The molecule has 1 atom stereocenters. The van der Waals surface area contributed by atoms with Crippen LogP contribution in [-0.2, 0) is 17.8 Å². The number of carbonyl (C=O) groups is 1. The van der Waals surface area contributed by atoms with Crippen molar-refractivity contribution in [1.82, 2.24) is 14.9 Å². The Balaban J connectivity index is 1.62. The summed E-state index contributed by atoms with van der Waals surface area (Å²) in [5.41, 5.74) is 2.00. The Morgan fingerprint density at radius 2 is 2.04 bits per heavy atom. The van der Waals surface area contributed by atoms with Crippen molar-refractivity contribution >= 4 is 11.6 Å². The molecule has 0 aliphatic carbocycles. The van der Waals surface area contributed by atoms with Crippen LogP contribution in [0, 0.1) is 0 Å². The molecule has 0 spiro atoms. The van der Waals surface area contributed by atoms with Crippen molar-refractivity contribution in [3.63, 3.8) is 0 Å². The van der Waals surface area contributed by atoms with Gasteiger partial charge in [0.2, 0.25) is 5.91 Å². The predicted octanol–water partition coefficient (Wildman–Crippen LogP) is 3.00. The number of nitrogens with zero attached hydrogens (tertiary/aromatic N) is 3. The first-order valence-electron chi connectivity index (χ1n) is 9.34. The molecule has 6 nitrogen and oxygen atoms in total. The van der Waals surface area contributed by atoms with Gasteiger partial charge in [-0.05, 0) is 37.6 Å². The summed E-state index contributed by atoms with van der Waals surface area (Å²) in [6.45, 7) is 6.41. The number of imidazole rings is 1. The number of carbonyl (C=O) groups excluding carboxylic acids is 1. The molecule has 1 fully saturated rings. The van der Waals surface area contributed by atoms with Crippen molar-refractivity contribution in [1.29, 1.82) is 0 Å². The normalized spacial score (nSPS) is 18.3. The lowest BCUT2D eigenvalue weighted by Crippen LogP contribution is -2.55. The van der Waals surface area contributed by atoms with Crippen molar-refractivity contribution in [3.05, 3.63) is 42.0 Å². The molecular formula is C20H28N4O2. The molecule has 0 unspecified atom stereocenters. The quantitative estimate of drug-likeness (QED) is 0.828. The van der Waals surface area contributed by atoms with Crippen LogP contribution in [0.1, 0.15) is 38.2 Å². The van der Waals surface area contributed by atoms with E-state index < -0.39 is 0 Å². The topological polar surface area (TPSA) is 61.5 Å². The molecule has 1 aromatic heterocycles. The number of aromatic amines is 1. The maximum Gasteiger partial charge on any atom is 0.244 e. The maximum atomic E-state index is 12.9. The summed E-state index contributed by atoms with van der Waals surface area (Å²) in [5.74, 6) is 1.97. The van der Waals surface area contributed by atoms with Crippen LogP contribution in [0.5, 0.6) is 5.75 Å². The first-order chi connectivity index (χ1) is 12.6. The minimum Gasteiger partial charge on any atom is -0.497 e. The minimum absolute atomic E-state index is 0.132. The summed E-state index contributed by atoms with van der Waals surface area (Å²) < 4.78 is 5.19. The molecule has 1 N–H and O–H groups in total. The fraction of sp³-hybridized carbons (Fsp3) is 0.500. The maximum absolute atomic E-state index is 12.9. The molecule has 1 aliphatic rings. The van der Waals surface area contributed by atoms with Crippen molar-refractivity contribution in [2.75, 3.05) is 25.1 Å². The lowest BCUT2D eigenvalue weighted by atomic mass is 10.1. The molecule has 0 bridgehead atoms. The average Bonchev–Trinajstić information content (AvgIpc) is 3.11. The first-order valence-corrected chi connectivity index (χ1v) is 9.34. The predicted molar refractivity (Wildman–Crippen MR) is 102 cm³/mol. The van der Waals surface area contributed by atoms with Crippen molar-refractivity contribution in [2.24, 2.45) is 0 Å². The summed E-state index contributed by atoms with van der Waals surface area (Å²) in [4.78, 5) is 24.8. The number of anilines is 1. The number of aromatic nitrogens is 2. The van der Waals surface area contributed by atoms with Gasteiger partial charge in [-0.3, -0.25) is 9.69 Å². The van der Waals surface area contributed by atoms with Gasteiger partial charge in [-0.2, -0.15) is 0 Å². The zero-order chi connectivity index (χ0) is 18.5. The van der Waals surface area contributed by atoms with E-state index in [2.05, 4.69) is 21.8 Å². The second-order valence-electron chi connectivity index (χ2n) is 6.79. The van der Waals surface area contributed by atoms with E-state index in [1.165, 1.54) is 0 Å². The number of piperazine rings is 1. The van der Waals surface area contributed by atoms with Gasteiger partial charge in [0.1, 0.15) is 11.6 Å². The molecular weight excluding hydrogens is 328 g/mol. The Labute approximate surface area is 155 Å². The van der Waals surface area contributed by atoms with Gasteiger partial charge in [0, 0.05) is 43.6 Å². The molecule has 0 saturated carbocycles. The Morgan fingerprint density at radius 1 is 1.27 bits per heavy atom. The molecule has 1 saturated heterocycles. The van der Waals surface area contributed by atoms with Gasteiger partial charge in [-0.25, -0.2) is 4.98 Å². The highest BCUT2D eigenvalue weighted by atomic mass is 16.5. The molecule has 2 aromatic rings.